The molecule has 1 fully saturated rings. The number of carbonyl (C=O) groups excluding carboxylic acids is 2. The third-order valence-corrected chi connectivity index (χ3v) is 6.38. The van der Waals surface area contributed by atoms with E-state index in [1.807, 2.05) is 62.4 Å². The number of hydrogen-bond donors (Lipinski definition) is 1. The van der Waals surface area contributed by atoms with Crippen LogP contribution in [0.5, 0.6) is 5.75 Å². The zero-order valence-corrected chi connectivity index (χ0v) is 20.1. The fraction of sp³-hybridized carbons (Fsp3) is 0.222. The van der Waals surface area contributed by atoms with Crippen LogP contribution in [0.2, 0.25) is 0 Å². The monoisotopic (exact) mass is 480 g/mol. The number of rotatable bonds is 5. The summed E-state index contributed by atoms with van der Waals surface area (Å²) in [6.07, 6.45) is 1.44. The average Bonchev–Trinajstić information content (AvgIpc) is 3.47. The fourth-order valence-corrected chi connectivity index (χ4v) is 4.51. The first-order chi connectivity index (χ1) is 17.4. The molecule has 3 heterocycles. The second-order valence-electron chi connectivity index (χ2n) is 8.81. The number of methoxy groups -OCH3 is 1. The molecule has 0 saturated carbocycles. The van der Waals surface area contributed by atoms with Crippen molar-refractivity contribution in [2.24, 2.45) is 5.92 Å². The maximum Gasteiger partial charge on any atom is 0.231 e. The van der Waals surface area contributed by atoms with Gasteiger partial charge in [-0.25, -0.2) is 4.98 Å². The van der Waals surface area contributed by atoms with E-state index in [1.165, 1.54) is 10.9 Å². The van der Waals surface area contributed by atoms with Gasteiger partial charge in [-0.3, -0.25) is 9.59 Å². The maximum absolute atomic E-state index is 13.3. The van der Waals surface area contributed by atoms with E-state index < -0.39 is 5.92 Å². The Kier molecular flexibility index (Phi) is 5.86. The molecular formula is C27H24N6O3. The standard InChI is InChI=1S/C27H24N6O3/c1-16-8-9-23(36-3)22(10-16)32-15-18(12-25(32)34)27(35)31-26-19(13-28)14-29-33(26)24-11-17(2)20-6-4-5-7-21(20)30-24/h4-11,14,18H,12,15H2,1-3H3,(H,31,35). The van der Waals surface area contributed by atoms with Gasteiger partial charge in [0, 0.05) is 18.4 Å². The van der Waals surface area contributed by atoms with Gasteiger partial charge in [-0.2, -0.15) is 15.0 Å². The van der Waals surface area contributed by atoms with Crippen molar-refractivity contribution >= 4 is 34.2 Å². The number of pyridine rings is 1. The number of aryl methyl sites for hydroxylation is 2. The van der Waals surface area contributed by atoms with Gasteiger partial charge in [0.2, 0.25) is 11.8 Å². The summed E-state index contributed by atoms with van der Waals surface area (Å²) >= 11 is 0. The predicted octanol–water partition coefficient (Wildman–Crippen LogP) is 3.91. The lowest BCUT2D eigenvalue weighted by atomic mass is 10.1. The van der Waals surface area contributed by atoms with E-state index in [2.05, 4.69) is 21.5 Å². The van der Waals surface area contributed by atoms with Crippen LogP contribution in [0.1, 0.15) is 23.1 Å². The second-order valence-corrected chi connectivity index (χ2v) is 8.81. The summed E-state index contributed by atoms with van der Waals surface area (Å²) in [6, 6.07) is 17.2. The van der Waals surface area contributed by atoms with Gasteiger partial charge in [-0.1, -0.05) is 24.3 Å². The number of hydrogen-bond acceptors (Lipinski definition) is 6. The Balaban J connectivity index is 1.44. The molecule has 1 unspecified atom stereocenters. The molecule has 180 valence electrons. The lowest BCUT2D eigenvalue weighted by Crippen LogP contribution is -2.29. The summed E-state index contributed by atoms with van der Waals surface area (Å²) in [4.78, 5) is 32.4. The van der Waals surface area contributed by atoms with E-state index in [9.17, 15) is 14.9 Å². The summed E-state index contributed by atoms with van der Waals surface area (Å²) in [7, 11) is 1.55. The first kappa shape index (κ1) is 23.1. The SMILES string of the molecule is COc1ccc(C)cc1N1CC(C(=O)Nc2c(C#N)cnn2-c2cc(C)c3ccccc3n2)CC1=O. The van der Waals surface area contributed by atoms with Gasteiger partial charge in [0.1, 0.15) is 17.4 Å². The summed E-state index contributed by atoms with van der Waals surface area (Å²) in [6.45, 7) is 4.10. The Morgan fingerprint density at radius 2 is 2.00 bits per heavy atom. The number of anilines is 2. The highest BCUT2D eigenvalue weighted by atomic mass is 16.5. The smallest absolute Gasteiger partial charge is 0.231 e. The third-order valence-electron chi connectivity index (χ3n) is 6.38. The van der Waals surface area contributed by atoms with Crippen LogP contribution in [0, 0.1) is 31.1 Å². The van der Waals surface area contributed by atoms with Gasteiger partial charge < -0.3 is 15.0 Å². The van der Waals surface area contributed by atoms with Gasteiger partial charge in [-0.15, -0.1) is 0 Å². The molecule has 1 N–H and O–H groups in total. The molecule has 2 aromatic carbocycles. The molecular weight excluding hydrogens is 456 g/mol. The topological polar surface area (TPSA) is 113 Å². The molecule has 2 aromatic heterocycles. The molecule has 1 aliphatic heterocycles. The molecule has 0 radical (unpaired) electrons. The van der Waals surface area contributed by atoms with E-state index in [4.69, 9.17) is 4.74 Å². The number of nitriles is 1. The number of amides is 2. The lowest BCUT2D eigenvalue weighted by molar-refractivity contribution is -0.122. The number of nitrogens with one attached hydrogen (secondary N) is 1. The number of para-hydroxylation sites is 1. The Labute approximate surface area is 207 Å². The van der Waals surface area contributed by atoms with Gasteiger partial charge in [-0.05, 0) is 49.2 Å². The van der Waals surface area contributed by atoms with Gasteiger partial charge >= 0.3 is 0 Å². The van der Waals surface area contributed by atoms with Crippen molar-refractivity contribution in [2.45, 2.75) is 20.3 Å². The van der Waals surface area contributed by atoms with Crippen molar-refractivity contribution in [2.75, 3.05) is 23.9 Å². The zero-order valence-electron chi connectivity index (χ0n) is 20.1. The third kappa shape index (κ3) is 4.03. The van der Waals surface area contributed by atoms with Crippen LogP contribution >= 0.6 is 0 Å². The van der Waals surface area contributed by atoms with E-state index in [1.54, 1.807) is 12.0 Å². The second kappa shape index (κ2) is 9.15. The highest BCUT2D eigenvalue weighted by Crippen LogP contribution is 2.34. The number of aromatic nitrogens is 3. The Hall–Kier alpha value is -4.71. The first-order valence-electron chi connectivity index (χ1n) is 11.5. The minimum absolute atomic E-state index is 0.0479. The number of carbonyl (C=O) groups is 2. The first-order valence-corrected chi connectivity index (χ1v) is 11.5. The summed E-state index contributed by atoms with van der Waals surface area (Å²) < 4.78 is 6.88. The average molecular weight is 481 g/mol. The molecule has 2 amide bonds. The molecule has 1 saturated heterocycles. The quantitative estimate of drug-likeness (QED) is 0.463. The Morgan fingerprint density at radius 1 is 1.19 bits per heavy atom. The summed E-state index contributed by atoms with van der Waals surface area (Å²) in [5.74, 6) is 0.134. The zero-order chi connectivity index (χ0) is 25.4. The molecule has 4 aromatic rings. The predicted molar refractivity (Wildman–Crippen MR) is 135 cm³/mol. The number of fused-ring (bicyclic) bond motifs is 1. The lowest BCUT2D eigenvalue weighted by Gasteiger charge is -2.20. The van der Waals surface area contributed by atoms with Crippen molar-refractivity contribution in [1.29, 1.82) is 5.26 Å². The van der Waals surface area contributed by atoms with Crippen LogP contribution in [0.25, 0.3) is 16.7 Å². The van der Waals surface area contributed by atoms with Crippen molar-refractivity contribution in [3.63, 3.8) is 0 Å². The fourth-order valence-electron chi connectivity index (χ4n) is 4.51. The highest BCUT2D eigenvalue weighted by Gasteiger charge is 2.37. The van der Waals surface area contributed by atoms with E-state index >= 15 is 0 Å². The highest BCUT2D eigenvalue weighted by molar-refractivity contribution is 6.04. The van der Waals surface area contributed by atoms with Gasteiger partial charge in [0.25, 0.3) is 0 Å². The molecule has 0 bridgehead atoms. The summed E-state index contributed by atoms with van der Waals surface area (Å²) in [5, 5.41) is 17.8. The molecule has 1 aliphatic rings. The van der Waals surface area contributed by atoms with Crippen LogP contribution in [-0.4, -0.2) is 40.2 Å². The summed E-state index contributed by atoms with van der Waals surface area (Å²) in [5.41, 5.74) is 3.59. The number of benzene rings is 2. The van der Waals surface area contributed by atoms with Crippen LogP contribution in [0.3, 0.4) is 0 Å². The van der Waals surface area contributed by atoms with Crippen LogP contribution in [-0.2, 0) is 9.59 Å². The molecule has 9 heteroatoms. The normalized spacial score (nSPS) is 15.2. The van der Waals surface area contributed by atoms with Crippen LogP contribution in [0.4, 0.5) is 11.5 Å². The van der Waals surface area contributed by atoms with Crippen LogP contribution < -0.4 is 15.0 Å². The molecule has 5 rings (SSSR count). The molecule has 0 spiro atoms. The van der Waals surface area contributed by atoms with Crippen molar-refractivity contribution < 1.29 is 14.3 Å². The van der Waals surface area contributed by atoms with Crippen molar-refractivity contribution in [3.8, 4) is 17.6 Å². The van der Waals surface area contributed by atoms with Crippen molar-refractivity contribution in [3.05, 3.63) is 71.4 Å². The van der Waals surface area contributed by atoms with Crippen LogP contribution in [0.15, 0.2) is 54.7 Å². The van der Waals surface area contributed by atoms with E-state index in [0.29, 0.717) is 17.3 Å². The minimum Gasteiger partial charge on any atom is -0.495 e. The Bertz CT molecular complexity index is 1550. The minimum atomic E-state index is -0.607. The largest absolute Gasteiger partial charge is 0.495 e. The number of nitrogens with zero attached hydrogens (tertiary/aromatic N) is 5. The van der Waals surface area contributed by atoms with Gasteiger partial charge in [0.05, 0.1) is 30.4 Å². The van der Waals surface area contributed by atoms with E-state index in [0.717, 1.165) is 22.0 Å². The van der Waals surface area contributed by atoms with Crippen molar-refractivity contribution in [1.82, 2.24) is 14.8 Å². The molecule has 0 aliphatic carbocycles. The van der Waals surface area contributed by atoms with Gasteiger partial charge in [0.15, 0.2) is 11.6 Å². The molecule has 9 nitrogen and oxygen atoms in total. The Morgan fingerprint density at radius 3 is 2.78 bits per heavy atom. The number of ether oxygens (including phenoxy) is 1. The van der Waals surface area contributed by atoms with E-state index in [-0.39, 0.29) is 36.2 Å². The molecule has 1 atom stereocenters. The maximum atomic E-state index is 13.3. The molecule has 36 heavy (non-hydrogen) atoms.